The second kappa shape index (κ2) is 15.3. The minimum atomic E-state index is 0.391. The third-order valence-electron chi connectivity index (χ3n) is 10.6. The van der Waals surface area contributed by atoms with Gasteiger partial charge in [-0.15, -0.1) is 0 Å². The van der Waals surface area contributed by atoms with Crippen LogP contribution in [0.15, 0.2) is 115 Å². The lowest BCUT2D eigenvalue weighted by atomic mass is 9.91. The fraction of sp³-hybridized carbons (Fsp3) is 0.302. The lowest BCUT2D eigenvalue weighted by molar-refractivity contribution is 0.121. The summed E-state index contributed by atoms with van der Waals surface area (Å²) >= 11 is 6.15. The summed E-state index contributed by atoms with van der Waals surface area (Å²) in [7, 11) is 2.04. The van der Waals surface area contributed by atoms with Crippen molar-refractivity contribution < 1.29 is 9.47 Å². The molecule has 2 fully saturated rings. The van der Waals surface area contributed by atoms with Crippen molar-refractivity contribution in [3.8, 4) is 23.0 Å². The number of anilines is 2. The molecule has 0 aliphatic carbocycles. The van der Waals surface area contributed by atoms with Crippen molar-refractivity contribution in [2.45, 2.75) is 32.6 Å². The van der Waals surface area contributed by atoms with E-state index in [-0.39, 0.29) is 0 Å². The van der Waals surface area contributed by atoms with Crippen LogP contribution in [0.5, 0.6) is 11.8 Å². The Balaban J connectivity index is 1.00. The summed E-state index contributed by atoms with van der Waals surface area (Å²) in [6, 6.07) is 39.6. The normalized spacial score (nSPS) is 18.1. The maximum atomic E-state index is 6.42. The van der Waals surface area contributed by atoms with E-state index in [0.29, 0.717) is 36.9 Å². The zero-order valence-corrected chi connectivity index (χ0v) is 30.6. The van der Waals surface area contributed by atoms with E-state index >= 15 is 0 Å². The van der Waals surface area contributed by atoms with Gasteiger partial charge in [-0.25, -0.2) is 0 Å². The molecule has 2 aliphatic heterocycles. The topological polar surface area (TPSA) is 58.9 Å². The molecule has 4 aromatic carbocycles. The highest BCUT2D eigenvalue weighted by molar-refractivity contribution is 6.30. The molecule has 0 N–H and O–H groups in total. The first-order chi connectivity index (χ1) is 25.5. The highest BCUT2D eigenvalue weighted by atomic mass is 35.5. The summed E-state index contributed by atoms with van der Waals surface area (Å²) in [5, 5.41) is 6.96. The molecule has 2 saturated heterocycles. The maximum absolute atomic E-state index is 6.42. The van der Waals surface area contributed by atoms with Crippen LogP contribution in [-0.4, -0.2) is 65.0 Å². The number of aryl methyl sites for hydroxylation is 1. The molecule has 0 saturated carbocycles. The number of piperidine rings is 1. The lowest BCUT2D eigenvalue weighted by Gasteiger charge is -2.46. The van der Waals surface area contributed by atoms with E-state index < -0.39 is 0 Å². The Bertz CT molecular complexity index is 2100. The van der Waals surface area contributed by atoms with Gasteiger partial charge in [-0.2, -0.15) is 10.1 Å². The molecule has 9 heteroatoms. The van der Waals surface area contributed by atoms with E-state index in [9.17, 15) is 0 Å². The number of benzene rings is 4. The Kier molecular flexibility index (Phi) is 10.0. The number of nitrogens with zero attached hydrogens (tertiary/aromatic N) is 6. The Morgan fingerprint density at radius 3 is 2.10 bits per heavy atom. The summed E-state index contributed by atoms with van der Waals surface area (Å²) in [4.78, 5) is 12.6. The summed E-state index contributed by atoms with van der Waals surface area (Å²) in [6.45, 7) is 9.40. The first kappa shape index (κ1) is 34.1. The van der Waals surface area contributed by atoms with Gasteiger partial charge in [-0.05, 0) is 59.9 Å². The summed E-state index contributed by atoms with van der Waals surface area (Å²) in [6.07, 6.45) is 1.17. The van der Waals surface area contributed by atoms with E-state index in [1.807, 2.05) is 84.5 Å². The van der Waals surface area contributed by atoms with E-state index in [0.717, 1.165) is 77.6 Å². The Morgan fingerprint density at radius 1 is 0.712 bits per heavy atom. The monoisotopic (exact) mass is 712 g/mol. The van der Waals surface area contributed by atoms with E-state index in [1.165, 1.54) is 17.8 Å². The molecule has 2 aromatic heterocycles. The van der Waals surface area contributed by atoms with Crippen LogP contribution >= 0.6 is 11.6 Å². The van der Waals surface area contributed by atoms with Crippen LogP contribution in [0.2, 0.25) is 5.02 Å². The number of halogens is 1. The van der Waals surface area contributed by atoms with Gasteiger partial charge in [0.1, 0.15) is 18.9 Å². The Morgan fingerprint density at radius 2 is 1.40 bits per heavy atom. The molecule has 52 heavy (non-hydrogen) atoms. The van der Waals surface area contributed by atoms with E-state index in [4.69, 9.17) is 31.2 Å². The molecular weight excluding hydrogens is 668 g/mol. The van der Waals surface area contributed by atoms with Crippen LogP contribution in [0.25, 0.3) is 22.2 Å². The number of hydrogen-bond acceptors (Lipinski definition) is 7. The standard InChI is InChI=1S/C43H45ClN6O2/c1-31-28-50(35-18-16-34(44)17-19-35)23-22-38(31)48-24-26-49(27-25-48)39-15-9-14-36-41(46-47(2)42(36)39)37-20-21-40(51-29-32-10-5-3-6-11-32)45-43(37)52-30-33-12-7-4-8-13-33/h3-21,31,38H,22-30H2,1-2H3/t31-,38+/m0/s1. The lowest BCUT2D eigenvalue weighted by Crippen LogP contribution is -2.56. The van der Waals surface area contributed by atoms with Gasteiger partial charge in [0.25, 0.3) is 0 Å². The average molecular weight is 713 g/mol. The van der Waals surface area contributed by atoms with Crippen LogP contribution in [0.3, 0.4) is 0 Å². The molecule has 6 aromatic rings. The number of pyridine rings is 1. The van der Waals surface area contributed by atoms with Crippen molar-refractivity contribution in [2.24, 2.45) is 13.0 Å². The van der Waals surface area contributed by atoms with Crippen molar-refractivity contribution >= 4 is 33.9 Å². The van der Waals surface area contributed by atoms with Crippen molar-refractivity contribution in [3.63, 3.8) is 0 Å². The molecule has 266 valence electrons. The number of piperazine rings is 1. The quantitative estimate of drug-likeness (QED) is 0.141. The van der Waals surface area contributed by atoms with Crippen LogP contribution in [0, 0.1) is 5.92 Å². The van der Waals surface area contributed by atoms with Crippen LogP contribution in [-0.2, 0) is 20.3 Å². The van der Waals surface area contributed by atoms with Crippen molar-refractivity contribution in [2.75, 3.05) is 49.1 Å². The van der Waals surface area contributed by atoms with Gasteiger partial charge in [0.05, 0.1) is 16.8 Å². The predicted octanol–water partition coefficient (Wildman–Crippen LogP) is 8.48. The molecule has 0 bridgehead atoms. The molecule has 8 rings (SSSR count). The summed E-state index contributed by atoms with van der Waals surface area (Å²) < 4.78 is 14.6. The van der Waals surface area contributed by atoms with E-state index in [2.05, 4.69) is 64.1 Å². The molecule has 8 nitrogen and oxygen atoms in total. The van der Waals surface area contributed by atoms with Gasteiger partial charge in [0, 0.05) is 74.5 Å². The smallest absolute Gasteiger partial charge is 0.226 e. The van der Waals surface area contributed by atoms with Crippen LogP contribution in [0.4, 0.5) is 11.4 Å². The van der Waals surface area contributed by atoms with Gasteiger partial charge in [0.15, 0.2) is 0 Å². The van der Waals surface area contributed by atoms with Crippen LogP contribution < -0.4 is 19.3 Å². The molecular formula is C43H45ClN6O2. The van der Waals surface area contributed by atoms with Crippen molar-refractivity contribution in [1.29, 1.82) is 0 Å². The first-order valence-electron chi connectivity index (χ1n) is 18.3. The molecule has 0 amide bonds. The third-order valence-corrected chi connectivity index (χ3v) is 10.8. The van der Waals surface area contributed by atoms with Gasteiger partial charge in [0.2, 0.25) is 11.8 Å². The van der Waals surface area contributed by atoms with Gasteiger partial charge in [-0.1, -0.05) is 91.3 Å². The van der Waals surface area contributed by atoms with Gasteiger partial charge >= 0.3 is 0 Å². The Hall–Kier alpha value is -5.05. The third kappa shape index (κ3) is 7.31. The Labute approximate surface area is 311 Å². The maximum Gasteiger partial charge on any atom is 0.226 e. The molecule has 0 spiro atoms. The number of ether oxygens (including phenoxy) is 2. The molecule has 0 radical (unpaired) electrons. The SMILES string of the molecule is C[C@H]1CN(c2ccc(Cl)cc2)CC[C@H]1N1CCN(c2cccc3c(-c4ccc(OCc5ccccc5)nc4OCc4ccccc4)nn(C)c23)CC1. The molecule has 2 aliphatic rings. The fourth-order valence-corrected chi connectivity index (χ4v) is 8.00. The minimum absolute atomic E-state index is 0.391. The van der Waals surface area contributed by atoms with Gasteiger partial charge in [-0.3, -0.25) is 9.58 Å². The first-order valence-corrected chi connectivity index (χ1v) is 18.7. The van der Waals surface area contributed by atoms with Crippen molar-refractivity contribution in [1.82, 2.24) is 19.7 Å². The second-order valence-electron chi connectivity index (χ2n) is 14.0. The summed E-state index contributed by atoms with van der Waals surface area (Å²) in [5.41, 5.74) is 7.44. The van der Waals surface area contributed by atoms with Crippen molar-refractivity contribution in [3.05, 3.63) is 131 Å². The number of para-hydroxylation sites is 1. The average Bonchev–Trinajstić information content (AvgIpc) is 3.53. The largest absolute Gasteiger partial charge is 0.473 e. The van der Waals surface area contributed by atoms with Crippen LogP contribution in [0.1, 0.15) is 24.5 Å². The molecule has 2 atom stereocenters. The minimum Gasteiger partial charge on any atom is -0.473 e. The molecule has 0 unspecified atom stereocenters. The summed E-state index contributed by atoms with van der Waals surface area (Å²) in [5.74, 6) is 1.60. The number of aromatic nitrogens is 3. The highest BCUT2D eigenvalue weighted by Gasteiger charge is 2.33. The fourth-order valence-electron chi connectivity index (χ4n) is 7.88. The zero-order chi connectivity index (χ0) is 35.4. The number of fused-ring (bicyclic) bond motifs is 1. The number of rotatable bonds is 10. The zero-order valence-electron chi connectivity index (χ0n) is 29.9. The van der Waals surface area contributed by atoms with E-state index in [1.54, 1.807) is 0 Å². The molecule has 4 heterocycles. The highest BCUT2D eigenvalue weighted by Crippen LogP contribution is 2.39. The predicted molar refractivity (Wildman–Crippen MR) is 211 cm³/mol. The van der Waals surface area contributed by atoms with Gasteiger partial charge < -0.3 is 19.3 Å². The second-order valence-corrected chi connectivity index (χ2v) is 14.4. The number of hydrogen-bond donors (Lipinski definition) is 0.